The van der Waals surface area contributed by atoms with Gasteiger partial charge >= 0.3 is 0 Å². The van der Waals surface area contributed by atoms with Crippen LogP contribution in [0.3, 0.4) is 0 Å². The van der Waals surface area contributed by atoms with E-state index in [1.54, 1.807) is 0 Å². The molecule has 5 heteroatoms. The minimum absolute atomic E-state index is 0.757. The predicted molar refractivity (Wildman–Crippen MR) is 117 cm³/mol. The van der Waals surface area contributed by atoms with Crippen LogP contribution in [0.1, 0.15) is 29.4 Å². The first-order chi connectivity index (χ1) is 13.6. The Morgan fingerprint density at radius 3 is 2.54 bits per heavy atom. The summed E-state index contributed by atoms with van der Waals surface area (Å²) in [5, 5.41) is 4.47. The van der Waals surface area contributed by atoms with E-state index >= 15 is 0 Å². The number of fused-ring (bicyclic) bond motifs is 1. The number of hydrazone groups is 1. The Balaban J connectivity index is 1.61. The first-order valence-electron chi connectivity index (χ1n) is 9.59. The van der Waals surface area contributed by atoms with Gasteiger partial charge in [-0.05, 0) is 58.0 Å². The summed E-state index contributed by atoms with van der Waals surface area (Å²) in [5.41, 5.74) is 11.1. The van der Waals surface area contributed by atoms with Gasteiger partial charge in [0.15, 0.2) is 0 Å². The van der Waals surface area contributed by atoms with Crippen molar-refractivity contribution >= 4 is 23.2 Å². The third-order valence-corrected chi connectivity index (χ3v) is 5.10. The molecule has 2 aromatic heterocycles. The molecule has 28 heavy (non-hydrogen) atoms. The summed E-state index contributed by atoms with van der Waals surface area (Å²) in [5.74, 6) is 0.757. The van der Waals surface area contributed by atoms with E-state index in [-0.39, 0.29) is 0 Å². The number of para-hydroxylation sites is 2. The maximum Gasteiger partial charge on any atom is 0.224 e. The van der Waals surface area contributed by atoms with E-state index in [4.69, 9.17) is 0 Å². The lowest BCUT2D eigenvalue weighted by atomic mass is 10.2. The quantitative estimate of drug-likeness (QED) is 0.386. The van der Waals surface area contributed by atoms with E-state index in [0.29, 0.717) is 0 Å². The normalized spacial score (nSPS) is 11.6. The molecule has 0 aliphatic heterocycles. The lowest BCUT2D eigenvalue weighted by Gasteiger charge is -2.09. The van der Waals surface area contributed by atoms with Gasteiger partial charge in [0.25, 0.3) is 0 Å². The molecular formula is C23H25N5. The fraction of sp³-hybridized carbons (Fsp3) is 0.217. The average molecular weight is 371 g/mol. The molecule has 1 N–H and O–H groups in total. The molecule has 4 rings (SSSR count). The minimum atomic E-state index is 0.757. The molecule has 142 valence electrons. The van der Waals surface area contributed by atoms with Crippen molar-refractivity contribution in [2.75, 3.05) is 5.43 Å². The van der Waals surface area contributed by atoms with Crippen molar-refractivity contribution in [3.63, 3.8) is 0 Å². The van der Waals surface area contributed by atoms with E-state index in [2.05, 4.69) is 88.7 Å². The highest BCUT2D eigenvalue weighted by molar-refractivity contribution is 5.83. The molecule has 0 unspecified atom stereocenters. The van der Waals surface area contributed by atoms with Gasteiger partial charge in [-0.3, -0.25) is 0 Å². The van der Waals surface area contributed by atoms with Crippen molar-refractivity contribution in [3.8, 4) is 5.69 Å². The van der Waals surface area contributed by atoms with Gasteiger partial charge in [0.05, 0.1) is 17.2 Å². The number of benzene rings is 2. The third kappa shape index (κ3) is 3.20. The van der Waals surface area contributed by atoms with Crippen molar-refractivity contribution in [2.24, 2.45) is 5.10 Å². The summed E-state index contributed by atoms with van der Waals surface area (Å²) < 4.78 is 4.38. The second-order valence-electron chi connectivity index (χ2n) is 7.04. The molecule has 0 saturated carbocycles. The van der Waals surface area contributed by atoms with Crippen LogP contribution in [0.5, 0.6) is 0 Å². The summed E-state index contributed by atoms with van der Waals surface area (Å²) in [6.45, 7) is 9.29. The van der Waals surface area contributed by atoms with E-state index in [0.717, 1.165) is 34.8 Å². The summed E-state index contributed by atoms with van der Waals surface area (Å²) in [7, 11) is 0. The van der Waals surface area contributed by atoms with E-state index in [1.807, 2.05) is 24.4 Å². The number of anilines is 1. The van der Waals surface area contributed by atoms with Crippen LogP contribution in [-0.2, 0) is 6.54 Å². The molecule has 0 bridgehead atoms. The maximum absolute atomic E-state index is 4.65. The van der Waals surface area contributed by atoms with Crippen molar-refractivity contribution < 1.29 is 0 Å². The Kier molecular flexibility index (Phi) is 4.74. The van der Waals surface area contributed by atoms with Gasteiger partial charge in [0.1, 0.15) is 0 Å². The Morgan fingerprint density at radius 2 is 1.79 bits per heavy atom. The summed E-state index contributed by atoms with van der Waals surface area (Å²) in [6, 6.07) is 18.9. The SMILES string of the molecule is CCn1c(N/N=C\c2cc(C)n(-c3ccc(C)cc3)c2C)nc2ccccc21. The van der Waals surface area contributed by atoms with Gasteiger partial charge in [0.2, 0.25) is 5.95 Å². The van der Waals surface area contributed by atoms with Crippen molar-refractivity contribution in [1.82, 2.24) is 14.1 Å². The number of aryl methyl sites for hydroxylation is 3. The molecule has 2 heterocycles. The first kappa shape index (κ1) is 18.0. The molecule has 0 aliphatic rings. The zero-order chi connectivity index (χ0) is 19.7. The van der Waals surface area contributed by atoms with Gasteiger partial charge in [-0.2, -0.15) is 5.10 Å². The largest absolute Gasteiger partial charge is 0.318 e. The van der Waals surface area contributed by atoms with Crippen LogP contribution in [0.2, 0.25) is 0 Å². The smallest absolute Gasteiger partial charge is 0.224 e. The monoisotopic (exact) mass is 371 g/mol. The fourth-order valence-corrected chi connectivity index (χ4v) is 3.65. The fourth-order valence-electron chi connectivity index (χ4n) is 3.65. The summed E-state index contributed by atoms with van der Waals surface area (Å²) >= 11 is 0. The van der Waals surface area contributed by atoms with Gasteiger partial charge < -0.3 is 9.13 Å². The van der Waals surface area contributed by atoms with E-state index in [9.17, 15) is 0 Å². The first-order valence-corrected chi connectivity index (χ1v) is 9.59. The summed E-state index contributed by atoms with van der Waals surface area (Å²) in [6.07, 6.45) is 1.87. The summed E-state index contributed by atoms with van der Waals surface area (Å²) in [4.78, 5) is 4.65. The number of hydrogen-bond donors (Lipinski definition) is 1. The lowest BCUT2D eigenvalue weighted by molar-refractivity contribution is 0.791. The molecule has 4 aromatic rings. The second-order valence-corrected chi connectivity index (χ2v) is 7.04. The van der Waals surface area contributed by atoms with Gasteiger partial charge in [-0.1, -0.05) is 29.8 Å². The van der Waals surface area contributed by atoms with Crippen molar-refractivity contribution in [1.29, 1.82) is 0 Å². The number of nitrogens with one attached hydrogen (secondary N) is 1. The third-order valence-electron chi connectivity index (χ3n) is 5.10. The molecule has 0 amide bonds. The van der Waals surface area contributed by atoms with Gasteiger partial charge in [-0.25, -0.2) is 10.4 Å². The van der Waals surface area contributed by atoms with Crippen LogP contribution in [0.25, 0.3) is 16.7 Å². The molecule has 5 nitrogen and oxygen atoms in total. The number of hydrogen-bond acceptors (Lipinski definition) is 3. The molecular weight excluding hydrogens is 346 g/mol. The van der Waals surface area contributed by atoms with Crippen LogP contribution < -0.4 is 5.43 Å². The van der Waals surface area contributed by atoms with E-state index < -0.39 is 0 Å². The molecule has 0 atom stereocenters. The number of aromatic nitrogens is 3. The standard InChI is InChI=1S/C23H25N5/c1-5-27-22-9-7-6-8-21(22)25-23(27)26-24-15-19-14-17(3)28(18(19)4)20-12-10-16(2)11-13-20/h6-15H,5H2,1-4H3,(H,25,26)/b24-15-. The van der Waals surface area contributed by atoms with Crippen LogP contribution in [0, 0.1) is 20.8 Å². The van der Waals surface area contributed by atoms with E-state index in [1.165, 1.54) is 16.9 Å². The zero-order valence-electron chi connectivity index (χ0n) is 16.8. The molecule has 0 radical (unpaired) electrons. The van der Waals surface area contributed by atoms with Crippen LogP contribution in [0.4, 0.5) is 5.95 Å². The molecule has 2 aromatic carbocycles. The highest BCUT2D eigenvalue weighted by Gasteiger charge is 2.10. The average Bonchev–Trinajstić information content (AvgIpc) is 3.19. The Bertz CT molecular complexity index is 1150. The molecule has 0 saturated heterocycles. The highest BCUT2D eigenvalue weighted by atomic mass is 15.4. The topological polar surface area (TPSA) is 47.1 Å². The minimum Gasteiger partial charge on any atom is -0.318 e. The number of rotatable bonds is 5. The van der Waals surface area contributed by atoms with Crippen LogP contribution >= 0.6 is 0 Å². The van der Waals surface area contributed by atoms with Gasteiger partial charge in [0, 0.05) is 29.2 Å². The van der Waals surface area contributed by atoms with Crippen LogP contribution in [0.15, 0.2) is 59.7 Å². The van der Waals surface area contributed by atoms with Crippen molar-refractivity contribution in [2.45, 2.75) is 34.2 Å². The molecule has 0 fully saturated rings. The van der Waals surface area contributed by atoms with Crippen LogP contribution in [-0.4, -0.2) is 20.3 Å². The Labute approximate surface area is 165 Å². The highest BCUT2D eigenvalue weighted by Crippen LogP contribution is 2.21. The maximum atomic E-state index is 4.65. The lowest BCUT2D eigenvalue weighted by Crippen LogP contribution is -2.02. The van der Waals surface area contributed by atoms with Crippen molar-refractivity contribution in [3.05, 3.63) is 77.1 Å². The second kappa shape index (κ2) is 7.35. The molecule has 0 spiro atoms. The molecule has 0 aliphatic carbocycles. The Morgan fingerprint density at radius 1 is 1.04 bits per heavy atom. The Hall–Kier alpha value is -3.34. The number of nitrogens with zero attached hydrogens (tertiary/aromatic N) is 4. The zero-order valence-corrected chi connectivity index (χ0v) is 16.8. The predicted octanol–water partition coefficient (Wildman–Crippen LogP) is 5.22. The number of imidazole rings is 1. The van der Waals surface area contributed by atoms with Gasteiger partial charge in [-0.15, -0.1) is 0 Å².